The number of amides is 2. The van der Waals surface area contributed by atoms with Gasteiger partial charge in [0, 0.05) is 11.3 Å². The number of hydrogen-bond acceptors (Lipinski definition) is 5. The molecule has 6 nitrogen and oxygen atoms in total. The second-order valence-corrected chi connectivity index (χ2v) is 8.02. The number of aromatic nitrogens is 1. The van der Waals surface area contributed by atoms with Gasteiger partial charge in [0.25, 0.3) is 5.91 Å². The van der Waals surface area contributed by atoms with Gasteiger partial charge in [0.1, 0.15) is 0 Å². The molecule has 7 heteroatoms. The van der Waals surface area contributed by atoms with Crippen molar-refractivity contribution in [3.63, 3.8) is 0 Å². The second-order valence-electron chi connectivity index (χ2n) is 6.99. The van der Waals surface area contributed by atoms with E-state index in [2.05, 4.69) is 21.7 Å². The number of fused-ring (bicyclic) bond motifs is 1. The minimum absolute atomic E-state index is 0.168. The van der Waals surface area contributed by atoms with Crippen molar-refractivity contribution in [3.05, 3.63) is 53.1 Å². The highest BCUT2D eigenvalue weighted by Crippen LogP contribution is 2.39. The SMILES string of the molecule is Cc1cccc(C)c1NC(=O)c1ccc2nc(NC(=O)C3CC3C#N)sc2c1. The highest BCUT2D eigenvalue weighted by molar-refractivity contribution is 7.22. The lowest BCUT2D eigenvalue weighted by Gasteiger charge is -2.11. The summed E-state index contributed by atoms with van der Waals surface area (Å²) in [6.45, 7) is 3.92. The molecule has 1 heterocycles. The molecule has 1 aromatic heterocycles. The summed E-state index contributed by atoms with van der Waals surface area (Å²) in [7, 11) is 0. The smallest absolute Gasteiger partial charge is 0.255 e. The molecule has 0 bridgehead atoms. The van der Waals surface area contributed by atoms with Gasteiger partial charge in [-0.3, -0.25) is 9.59 Å². The number of nitriles is 1. The van der Waals surface area contributed by atoms with Crippen LogP contribution in [0.2, 0.25) is 0 Å². The van der Waals surface area contributed by atoms with Crippen molar-refractivity contribution in [1.82, 2.24) is 4.98 Å². The van der Waals surface area contributed by atoms with Crippen LogP contribution < -0.4 is 10.6 Å². The first-order valence-electron chi connectivity index (χ1n) is 8.95. The number of nitrogens with zero attached hydrogens (tertiary/aromatic N) is 2. The van der Waals surface area contributed by atoms with Gasteiger partial charge in [0.05, 0.1) is 28.1 Å². The maximum atomic E-state index is 12.7. The number of benzene rings is 2. The van der Waals surface area contributed by atoms with Gasteiger partial charge in [0.15, 0.2) is 5.13 Å². The van der Waals surface area contributed by atoms with Gasteiger partial charge >= 0.3 is 0 Å². The Balaban J connectivity index is 1.52. The summed E-state index contributed by atoms with van der Waals surface area (Å²) in [5.41, 5.74) is 4.09. The molecule has 1 saturated carbocycles. The topological polar surface area (TPSA) is 94.9 Å². The first-order chi connectivity index (χ1) is 13.5. The lowest BCUT2D eigenvalue weighted by Crippen LogP contribution is -2.14. The zero-order valence-electron chi connectivity index (χ0n) is 15.4. The Morgan fingerprint density at radius 3 is 2.61 bits per heavy atom. The lowest BCUT2D eigenvalue weighted by molar-refractivity contribution is -0.117. The highest BCUT2D eigenvalue weighted by atomic mass is 32.1. The molecule has 0 radical (unpaired) electrons. The largest absolute Gasteiger partial charge is 0.322 e. The molecule has 3 aromatic rings. The summed E-state index contributed by atoms with van der Waals surface area (Å²) in [6, 6.07) is 13.3. The molecular formula is C21H18N4O2S. The molecule has 2 N–H and O–H groups in total. The van der Waals surface area contributed by atoms with E-state index in [9.17, 15) is 9.59 Å². The van der Waals surface area contributed by atoms with Crippen LogP contribution in [0.3, 0.4) is 0 Å². The number of carbonyl (C=O) groups excluding carboxylic acids is 2. The van der Waals surface area contributed by atoms with Gasteiger partial charge in [-0.25, -0.2) is 4.98 Å². The van der Waals surface area contributed by atoms with Gasteiger partial charge in [-0.15, -0.1) is 0 Å². The lowest BCUT2D eigenvalue weighted by atomic mass is 10.1. The number of carbonyl (C=O) groups is 2. The maximum absolute atomic E-state index is 12.7. The van der Waals surface area contributed by atoms with Crippen molar-refractivity contribution in [3.8, 4) is 6.07 Å². The monoisotopic (exact) mass is 390 g/mol. The third-order valence-corrected chi connectivity index (χ3v) is 5.83. The number of rotatable bonds is 4. The molecule has 1 aliphatic rings. The van der Waals surface area contributed by atoms with Crippen molar-refractivity contribution in [1.29, 1.82) is 5.26 Å². The number of thiazole rings is 1. The normalized spacial score (nSPS) is 17.8. The van der Waals surface area contributed by atoms with E-state index in [1.807, 2.05) is 32.0 Å². The Bertz CT molecular complexity index is 1120. The summed E-state index contributed by atoms with van der Waals surface area (Å²) >= 11 is 1.32. The van der Waals surface area contributed by atoms with Crippen molar-refractivity contribution in [2.24, 2.45) is 11.8 Å². The molecule has 1 aliphatic carbocycles. The van der Waals surface area contributed by atoms with E-state index in [0.717, 1.165) is 27.0 Å². The third-order valence-electron chi connectivity index (χ3n) is 4.89. The number of hydrogen-bond donors (Lipinski definition) is 2. The Morgan fingerprint density at radius 2 is 1.93 bits per heavy atom. The Morgan fingerprint density at radius 1 is 1.18 bits per heavy atom. The molecule has 2 atom stereocenters. The molecule has 2 unspecified atom stereocenters. The van der Waals surface area contributed by atoms with E-state index in [4.69, 9.17) is 5.26 Å². The third kappa shape index (κ3) is 3.47. The van der Waals surface area contributed by atoms with E-state index in [1.54, 1.807) is 18.2 Å². The van der Waals surface area contributed by atoms with Gasteiger partial charge in [-0.1, -0.05) is 29.5 Å². The van der Waals surface area contributed by atoms with Crippen LogP contribution in [-0.2, 0) is 4.79 Å². The van der Waals surface area contributed by atoms with Crippen LogP contribution in [0.15, 0.2) is 36.4 Å². The zero-order chi connectivity index (χ0) is 19.8. The summed E-state index contributed by atoms with van der Waals surface area (Å²) in [4.78, 5) is 29.2. The van der Waals surface area contributed by atoms with Crippen LogP contribution >= 0.6 is 11.3 Å². The fourth-order valence-corrected chi connectivity index (χ4v) is 4.05. The molecule has 1 fully saturated rings. The average molecular weight is 390 g/mol. The van der Waals surface area contributed by atoms with Crippen LogP contribution in [0.4, 0.5) is 10.8 Å². The molecule has 0 spiro atoms. The van der Waals surface area contributed by atoms with E-state index >= 15 is 0 Å². The van der Waals surface area contributed by atoms with Gasteiger partial charge in [-0.2, -0.15) is 5.26 Å². The molecule has 140 valence electrons. The van der Waals surface area contributed by atoms with Gasteiger partial charge in [-0.05, 0) is 49.6 Å². The molecule has 28 heavy (non-hydrogen) atoms. The number of para-hydroxylation sites is 1. The van der Waals surface area contributed by atoms with Gasteiger partial charge < -0.3 is 10.6 Å². The van der Waals surface area contributed by atoms with Crippen molar-refractivity contribution >= 4 is 44.2 Å². The highest BCUT2D eigenvalue weighted by Gasteiger charge is 2.43. The first-order valence-corrected chi connectivity index (χ1v) is 9.76. The van der Waals surface area contributed by atoms with Crippen LogP contribution in [-0.4, -0.2) is 16.8 Å². The second kappa shape index (κ2) is 7.06. The van der Waals surface area contributed by atoms with E-state index in [0.29, 0.717) is 17.1 Å². The predicted octanol–water partition coefficient (Wildman–Crippen LogP) is 4.26. The van der Waals surface area contributed by atoms with E-state index in [-0.39, 0.29) is 23.7 Å². The van der Waals surface area contributed by atoms with Crippen molar-refractivity contribution in [2.45, 2.75) is 20.3 Å². The molecule has 0 aliphatic heterocycles. The van der Waals surface area contributed by atoms with Crippen molar-refractivity contribution in [2.75, 3.05) is 10.6 Å². The van der Waals surface area contributed by atoms with Crippen LogP contribution in [0.5, 0.6) is 0 Å². The molecule has 2 aromatic carbocycles. The van der Waals surface area contributed by atoms with Crippen LogP contribution in [0.1, 0.15) is 27.9 Å². The van der Waals surface area contributed by atoms with Crippen LogP contribution in [0.25, 0.3) is 10.2 Å². The summed E-state index contributed by atoms with van der Waals surface area (Å²) in [5, 5.41) is 15.1. The number of anilines is 2. The number of nitrogens with one attached hydrogen (secondary N) is 2. The standard InChI is InChI=1S/C21H18N4O2S/c1-11-4-3-5-12(2)18(11)24-19(26)13-6-7-16-17(9-13)28-21(23-16)25-20(27)15-8-14(15)10-22/h3-7,9,14-15H,8H2,1-2H3,(H,24,26)(H,23,25,27). The molecule has 2 amide bonds. The van der Waals surface area contributed by atoms with Crippen molar-refractivity contribution < 1.29 is 9.59 Å². The predicted molar refractivity (Wildman–Crippen MR) is 109 cm³/mol. The van der Waals surface area contributed by atoms with E-state index < -0.39 is 0 Å². The number of aryl methyl sites for hydroxylation is 2. The fourth-order valence-electron chi connectivity index (χ4n) is 3.14. The van der Waals surface area contributed by atoms with Gasteiger partial charge in [0.2, 0.25) is 5.91 Å². The Labute approximate surface area is 166 Å². The minimum Gasteiger partial charge on any atom is -0.322 e. The Hall–Kier alpha value is -3.24. The maximum Gasteiger partial charge on any atom is 0.255 e. The molecule has 0 saturated heterocycles. The fraction of sp³-hybridized carbons (Fsp3) is 0.238. The first kappa shape index (κ1) is 18.1. The quantitative estimate of drug-likeness (QED) is 0.696. The summed E-state index contributed by atoms with van der Waals surface area (Å²) < 4.78 is 0.817. The summed E-state index contributed by atoms with van der Waals surface area (Å²) in [5.74, 6) is -0.781. The minimum atomic E-state index is -0.240. The van der Waals surface area contributed by atoms with E-state index in [1.165, 1.54) is 11.3 Å². The summed E-state index contributed by atoms with van der Waals surface area (Å²) in [6.07, 6.45) is 0.607. The van der Waals surface area contributed by atoms with Crippen LogP contribution in [0, 0.1) is 37.0 Å². The zero-order valence-corrected chi connectivity index (χ0v) is 16.3. The average Bonchev–Trinajstić information content (AvgIpc) is 3.36. The molecule has 4 rings (SSSR count). The molecular weight excluding hydrogens is 372 g/mol. The Kier molecular flexibility index (Phi) is 4.57.